The third kappa shape index (κ3) is 2.03. The topological polar surface area (TPSA) is 37.3 Å². The van der Waals surface area contributed by atoms with E-state index in [9.17, 15) is 9.90 Å². The Hall–Kier alpha value is -1.07. The van der Waals surface area contributed by atoms with Crippen LogP contribution in [0.4, 0.5) is 0 Å². The summed E-state index contributed by atoms with van der Waals surface area (Å²) < 4.78 is 0. The number of carbonyl (C=O) groups is 1. The van der Waals surface area contributed by atoms with Gasteiger partial charge in [-0.1, -0.05) is 24.5 Å². The van der Waals surface area contributed by atoms with Gasteiger partial charge in [0.05, 0.1) is 11.5 Å². The molecule has 1 N–H and O–H groups in total. The minimum Gasteiger partial charge on any atom is -0.393 e. The summed E-state index contributed by atoms with van der Waals surface area (Å²) >= 11 is 0. The van der Waals surface area contributed by atoms with Crippen LogP contribution in [0.25, 0.3) is 0 Å². The zero-order valence-electron chi connectivity index (χ0n) is 15.1. The lowest BCUT2D eigenvalue weighted by Crippen LogP contribution is -2.51. The summed E-state index contributed by atoms with van der Waals surface area (Å²) in [5.41, 5.74) is 1.41. The van der Waals surface area contributed by atoms with Gasteiger partial charge in [-0.3, -0.25) is 4.79 Å². The molecule has 0 saturated heterocycles. The maximum absolute atomic E-state index is 12.2. The molecule has 4 rings (SSSR count). The number of Topliss-reactive ketones (excluding diaryl/α,β-unsaturated/α-hetero) is 1. The highest BCUT2D eigenvalue weighted by Gasteiger charge is 2.60. The molecule has 4 aliphatic rings. The van der Waals surface area contributed by atoms with Crippen molar-refractivity contribution in [1.29, 1.82) is 0 Å². The Labute approximate surface area is 146 Å². The van der Waals surface area contributed by atoms with E-state index in [0.29, 0.717) is 23.5 Å². The predicted molar refractivity (Wildman–Crippen MR) is 95.0 cm³/mol. The van der Waals surface area contributed by atoms with Crippen molar-refractivity contribution in [2.45, 2.75) is 71.3 Å². The summed E-state index contributed by atoms with van der Waals surface area (Å²) in [6, 6.07) is 0. The number of aliphatic hydroxyl groups excluding tert-OH is 1. The Kier molecular flexibility index (Phi) is 3.73. The first-order valence-corrected chi connectivity index (χ1v) is 9.78. The third-order valence-corrected chi connectivity index (χ3v) is 8.36. The summed E-state index contributed by atoms with van der Waals surface area (Å²) in [7, 11) is 0. The van der Waals surface area contributed by atoms with Crippen molar-refractivity contribution < 1.29 is 9.90 Å². The number of hydrogen-bond donors (Lipinski definition) is 1. The van der Waals surface area contributed by atoms with E-state index in [1.165, 1.54) is 12.0 Å². The maximum atomic E-state index is 12.2. The molecule has 130 valence electrons. The van der Waals surface area contributed by atoms with Crippen molar-refractivity contribution in [1.82, 2.24) is 0 Å². The number of terminal acetylenes is 1. The van der Waals surface area contributed by atoms with Gasteiger partial charge in [-0.15, -0.1) is 6.42 Å². The molecular formula is C22H30O2. The first-order valence-electron chi connectivity index (χ1n) is 9.78. The Morgan fingerprint density at radius 1 is 1.25 bits per heavy atom. The van der Waals surface area contributed by atoms with Crippen LogP contribution in [-0.4, -0.2) is 17.0 Å². The molecule has 0 bridgehead atoms. The van der Waals surface area contributed by atoms with E-state index < -0.39 is 0 Å². The predicted octanol–water partition coefficient (Wildman–Crippen LogP) is 4.13. The zero-order chi connectivity index (χ0) is 17.1. The highest BCUT2D eigenvalue weighted by atomic mass is 16.3. The summed E-state index contributed by atoms with van der Waals surface area (Å²) in [6.07, 6.45) is 16.5. The number of ketones is 1. The Morgan fingerprint density at radius 3 is 2.75 bits per heavy atom. The van der Waals surface area contributed by atoms with Gasteiger partial charge in [0.25, 0.3) is 0 Å². The van der Waals surface area contributed by atoms with Crippen LogP contribution < -0.4 is 0 Å². The molecule has 0 aliphatic heterocycles. The molecule has 3 fully saturated rings. The van der Waals surface area contributed by atoms with E-state index >= 15 is 0 Å². The number of rotatable bonds is 1. The molecular weight excluding hydrogens is 296 g/mol. The van der Waals surface area contributed by atoms with E-state index in [4.69, 9.17) is 6.42 Å². The molecule has 0 heterocycles. The minimum atomic E-state index is -0.211. The minimum absolute atomic E-state index is 0.113. The van der Waals surface area contributed by atoms with Crippen molar-refractivity contribution in [3.63, 3.8) is 0 Å². The molecule has 2 heteroatoms. The van der Waals surface area contributed by atoms with Gasteiger partial charge in [0.2, 0.25) is 0 Å². The van der Waals surface area contributed by atoms with Crippen LogP contribution in [0.5, 0.6) is 0 Å². The van der Waals surface area contributed by atoms with Crippen LogP contribution in [0.15, 0.2) is 11.6 Å². The van der Waals surface area contributed by atoms with Crippen LogP contribution in [0.3, 0.4) is 0 Å². The van der Waals surface area contributed by atoms with Crippen LogP contribution >= 0.6 is 0 Å². The Balaban J connectivity index is 1.70. The lowest BCUT2D eigenvalue weighted by molar-refractivity contribution is -0.127. The van der Waals surface area contributed by atoms with Crippen LogP contribution in [0.1, 0.15) is 65.2 Å². The normalized spacial score (nSPS) is 50.1. The average Bonchev–Trinajstić information content (AvgIpc) is 2.91. The van der Waals surface area contributed by atoms with Crippen molar-refractivity contribution in [2.24, 2.45) is 34.5 Å². The molecule has 0 aromatic heterocycles. The highest BCUT2D eigenvalue weighted by molar-refractivity contribution is 5.79. The lowest BCUT2D eigenvalue weighted by Gasteiger charge is -2.57. The molecule has 7 unspecified atom stereocenters. The number of fused-ring (bicyclic) bond motifs is 5. The second-order valence-electron chi connectivity index (χ2n) is 9.14. The summed E-state index contributed by atoms with van der Waals surface area (Å²) in [4.78, 5) is 12.2. The standard InChI is InChI=1S/C22H30O2/c1-4-22-12-9-16(24)13-15(22)5-6-17-19-8-7-18(14(2)23)21(19,3)11-10-20(17)22/h1,5,16-20,24H,6-13H2,2-3H3. The van der Waals surface area contributed by atoms with E-state index in [0.717, 1.165) is 44.9 Å². The molecule has 0 aromatic carbocycles. The fourth-order valence-electron chi connectivity index (χ4n) is 7.23. The van der Waals surface area contributed by atoms with Gasteiger partial charge in [0, 0.05) is 5.92 Å². The second kappa shape index (κ2) is 5.46. The molecule has 0 amide bonds. The second-order valence-corrected chi connectivity index (χ2v) is 9.14. The van der Waals surface area contributed by atoms with Crippen molar-refractivity contribution >= 4 is 5.78 Å². The van der Waals surface area contributed by atoms with Crippen molar-refractivity contribution in [2.75, 3.05) is 0 Å². The van der Waals surface area contributed by atoms with Gasteiger partial charge in [0.1, 0.15) is 5.78 Å². The van der Waals surface area contributed by atoms with Crippen molar-refractivity contribution in [3.8, 4) is 12.3 Å². The fourth-order valence-corrected chi connectivity index (χ4v) is 7.23. The monoisotopic (exact) mass is 326 g/mol. The molecule has 0 radical (unpaired) electrons. The van der Waals surface area contributed by atoms with E-state index in [-0.39, 0.29) is 22.9 Å². The number of aliphatic hydroxyl groups is 1. The lowest BCUT2D eigenvalue weighted by atomic mass is 9.47. The summed E-state index contributed by atoms with van der Waals surface area (Å²) in [5.74, 6) is 5.68. The highest BCUT2D eigenvalue weighted by Crippen LogP contribution is 2.66. The summed E-state index contributed by atoms with van der Waals surface area (Å²) in [6.45, 7) is 4.16. The Morgan fingerprint density at radius 2 is 2.04 bits per heavy atom. The van der Waals surface area contributed by atoms with Crippen LogP contribution in [0, 0.1) is 46.8 Å². The largest absolute Gasteiger partial charge is 0.393 e. The summed E-state index contributed by atoms with van der Waals surface area (Å²) in [5, 5.41) is 10.1. The molecule has 0 spiro atoms. The third-order valence-electron chi connectivity index (χ3n) is 8.36. The zero-order valence-corrected chi connectivity index (χ0v) is 15.1. The molecule has 7 atom stereocenters. The van der Waals surface area contributed by atoms with Gasteiger partial charge < -0.3 is 5.11 Å². The molecule has 3 saturated carbocycles. The van der Waals surface area contributed by atoms with Gasteiger partial charge in [-0.2, -0.15) is 0 Å². The average molecular weight is 326 g/mol. The quantitative estimate of drug-likeness (QED) is 0.581. The fraction of sp³-hybridized carbons (Fsp3) is 0.773. The SMILES string of the molecule is C#CC12CCC(O)CC1=CCC1C2CCC2(C)C(C(C)=O)CCC12. The van der Waals surface area contributed by atoms with Crippen LogP contribution in [-0.2, 0) is 4.79 Å². The first kappa shape index (κ1) is 16.4. The maximum Gasteiger partial charge on any atom is 0.133 e. The van der Waals surface area contributed by atoms with Crippen molar-refractivity contribution in [3.05, 3.63) is 11.6 Å². The Bertz CT molecular complexity index is 626. The molecule has 0 aromatic rings. The van der Waals surface area contributed by atoms with E-state index in [2.05, 4.69) is 18.9 Å². The molecule has 4 aliphatic carbocycles. The first-order chi connectivity index (χ1) is 11.4. The van der Waals surface area contributed by atoms with Gasteiger partial charge in [-0.05, 0) is 81.5 Å². The number of hydrogen-bond acceptors (Lipinski definition) is 2. The number of allylic oxidation sites excluding steroid dienone is 1. The van der Waals surface area contributed by atoms with Gasteiger partial charge in [-0.25, -0.2) is 0 Å². The number of carbonyl (C=O) groups excluding carboxylic acids is 1. The molecule has 24 heavy (non-hydrogen) atoms. The molecule has 2 nitrogen and oxygen atoms in total. The smallest absolute Gasteiger partial charge is 0.133 e. The van der Waals surface area contributed by atoms with E-state index in [1.807, 2.05) is 0 Å². The van der Waals surface area contributed by atoms with Gasteiger partial charge >= 0.3 is 0 Å². The van der Waals surface area contributed by atoms with Gasteiger partial charge in [0.15, 0.2) is 0 Å². The van der Waals surface area contributed by atoms with E-state index in [1.54, 1.807) is 6.92 Å². The van der Waals surface area contributed by atoms with Crippen LogP contribution in [0.2, 0.25) is 0 Å².